The monoisotopic (exact) mass is 229 g/mol. The van der Waals surface area contributed by atoms with Crippen LogP contribution in [0.15, 0.2) is 0 Å². The summed E-state index contributed by atoms with van der Waals surface area (Å²) in [6, 6.07) is 0.0597. The molecule has 0 rings (SSSR count). The molecule has 0 aromatic rings. The quantitative estimate of drug-likeness (QED) is 0.644. The van der Waals surface area contributed by atoms with Gasteiger partial charge in [0.05, 0.1) is 6.61 Å². The third-order valence-corrected chi connectivity index (χ3v) is 2.12. The molecular formula is C9H18F3NO2. The maximum Gasteiger partial charge on any atom is 0.411 e. The van der Waals surface area contributed by atoms with E-state index in [1.165, 1.54) is 0 Å². The van der Waals surface area contributed by atoms with Crippen molar-refractivity contribution >= 4 is 0 Å². The van der Waals surface area contributed by atoms with Gasteiger partial charge in [-0.25, -0.2) is 0 Å². The number of hydrogen-bond acceptors (Lipinski definition) is 3. The first-order valence-electron chi connectivity index (χ1n) is 4.85. The van der Waals surface area contributed by atoms with Crippen molar-refractivity contribution in [2.24, 2.45) is 5.92 Å². The Kier molecular flexibility index (Phi) is 6.87. The van der Waals surface area contributed by atoms with Gasteiger partial charge in [0, 0.05) is 19.2 Å². The standard InChI is InChI=1S/C9H18F3NO2/c1-7(5-14)8(2)13-3-4-15-6-9(10,11)12/h7-8,13-14H,3-6H2,1-2H3. The predicted molar refractivity (Wildman–Crippen MR) is 50.6 cm³/mol. The van der Waals surface area contributed by atoms with Crippen LogP contribution in [0.3, 0.4) is 0 Å². The molecule has 0 heterocycles. The highest BCUT2D eigenvalue weighted by molar-refractivity contribution is 4.66. The molecule has 0 aliphatic heterocycles. The second-order valence-electron chi connectivity index (χ2n) is 3.57. The van der Waals surface area contributed by atoms with Crippen molar-refractivity contribution in [1.82, 2.24) is 5.32 Å². The van der Waals surface area contributed by atoms with Crippen LogP contribution in [0.4, 0.5) is 13.2 Å². The molecule has 0 aliphatic rings. The molecule has 0 spiro atoms. The van der Waals surface area contributed by atoms with E-state index < -0.39 is 12.8 Å². The van der Waals surface area contributed by atoms with E-state index in [1.807, 2.05) is 13.8 Å². The molecule has 92 valence electrons. The molecule has 0 amide bonds. The Morgan fingerprint density at radius 2 is 1.93 bits per heavy atom. The Balaban J connectivity index is 3.39. The molecule has 0 bridgehead atoms. The van der Waals surface area contributed by atoms with E-state index in [2.05, 4.69) is 10.1 Å². The number of halogens is 3. The number of ether oxygens (including phenoxy) is 1. The van der Waals surface area contributed by atoms with Gasteiger partial charge in [-0.2, -0.15) is 13.2 Å². The lowest BCUT2D eigenvalue weighted by Crippen LogP contribution is -2.36. The van der Waals surface area contributed by atoms with Crippen molar-refractivity contribution in [2.75, 3.05) is 26.4 Å². The fourth-order valence-electron chi connectivity index (χ4n) is 0.906. The Morgan fingerprint density at radius 1 is 1.33 bits per heavy atom. The van der Waals surface area contributed by atoms with Gasteiger partial charge in [-0.15, -0.1) is 0 Å². The van der Waals surface area contributed by atoms with Gasteiger partial charge in [-0.05, 0) is 12.8 Å². The number of alkyl halides is 3. The van der Waals surface area contributed by atoms with Gasteiger partial charge >= 0.3 is 6.18 Å². The van der Waals surface area contributed by atoms with E-state index in [0.29, 0.717) is 6.54 Å². The van der Waals surface area contributed by atoms with Crippen LogP contribution >= 0.6 is 0 Å². The molecule has 0 aromatic heterocycles. The fraction of sp³-hybridized carbons (Fsp3) is 1.00. The summed E-state index contributed by atoms with van der Waals surface area (Å²) in [5, 5.41) is 11.8. The first kappa shape index (κ1) is 14.7. The molecule has 3 nitrogen and oxygen atoms in total. The molecule has 0 saturated carbocycles. The highest BCUT2D eigenvalue weighted by Gasteiger charge is 2.27. The van der Waals surface area contributed by atoms with Gasteiger partial charge < -0.3 is 15.2 Å². The third kappa shape index (κ3) is 8.65. The minimum absolute atomic E-state index is 0.0159. The molecule has 0 aromatic carbocycles. The lowest BCUT2D eigenvalue weighted by Gasteiger charge is -2.19. The fourth-order valence-corrected chi connectivity index (χ4v) is 0.906. The molecule has 2 atom stereocenters. The smallest absolute Gasteiger partial charge is 0.396 e. The number of aliphatic hydroxyl groups excluding tert-OH is 1. The van der Waals surface area contributed by atoms with Crippen LogP contribution in [-0.2, 0) is 4.74 Å². The lowest BCUT2D eigenvalue weighted by molar-refractivity contribution is -0.173. The summed E-state index contributed by atoms with van der Waals surface area (Å²) < 4.78 is 39.3. The van der Waals surface area contributed by atoms with Crippen LogP contribution in [0.25, 0.3) is 0 Å². The minimum Gasteiger partial charge on any atom is -0.396 e. The Hall–Kier alpha value is -0.330. The molecule has 0 aliphatic carbocycles. The van der Waals surface area contributed by atoms with Crippen LogP contribution in [-0.4, -0.2) is 43.7 Å². The lowest BCUT2D eigenvalue weighted by atomic mass is 10.1. The second-order valence-corrected chi connectivity index (χ2v) is 3.57. The van der Waals surface area contributed by atoms with Crippen molar-refractivity contribution in [1.29, 1.82) is 0 Å². The van der Waals surface area contributed by atoms with Crippen LogP contribution in [0.2, 0.25) is 0 Å². The molecule has 0 saturated heterocycles. The Bertz CT molecular complexity index is 164. The van der Waals surface area contributed by atoms with Gasteiger partial charge in [-0.3, -0.25) is 0 Å². The summed E-state index contributed by atoms with van der Waals surface area (Å²) in [6.07, 6.45) is -4.26. The molecule has 2 N–H and O–H groups in total. The SMILES string of the molecule is CC(CO)C(C)NCCOCC(F)(F)F. The summed E-state index contributed by atoms with van der Waals surface area (Å²) in [6.45, 7) is 2.93. The maximum absolute atomic E-state index is 11.6. The maximum atomic E-state index is 11.6. The largest absolute Gasteiger partial charge is 0.411 e. The zero-order valence-corrected chi connectivity index (χ0v) is 8.97. The highest BCUT2D eigenvalue weighted by Crippen LogP contribution is 2.13. The van der Waals surface area contributed by atoms with E-state index in [9.17, 15) is 13.2 Å². The van der Waals surface area contributed by atoms with Crippen molar-refractivity contribution in [2.45, 2.75) is 26.1 Å². The number of nitrogens with one attached hydrogen (secondary N) is 1. The summed E-state index contributed by atoms with van der Waals surface area (Å²) in [5.41, 5.74) is 0. The summed E-state index contributed by atoms with van der Waals surface area (Å²) in [5.74, 6) is 0.0765. The molecule has 6 heteroatoms. The van der Waals surface area contributed by atoms with Crippen LogP contribution in [0.1, 0.15) is 13.8 Å². The van der Waals surface area contributed by atoms with Gasteiger partial charge in [0.25, 0.3) is 0 Å². The van der Waals surface area contributed by atoms with Crippen LogP contribution in [0, 0.1) is 5.92 Å². The Morgan fingerprint density at radius 3 is 2.40 bits per heavy atom. The topological polar surface area (TPSA) is 41.5 Å². The van der Waals surface area contributed by atoms with Gasteiger partial charge in [0.2, 0.25) is 0 Å². The van der Waals surface area contributed by atoms with Gasteiger partial charge in [-0.1, -0.05) is 6.92 Å². The highest BCUT2D eigenvalue weighted by atomic mass is 19.4. The number of rotatable bonds is 7. The average molecular weight is 229 g/mol. The van der Waals surface area contributed by atoms with Crippen molar-refractivity contribution in [3.63, 3.8) is 0 Å². The first-order valence-corrected chi connectivity index (χ1v) is 4.85. The van der Waals surface area contributed by atoms with E-state index in [-0.39, 0.29) is 25.2 Å². The molecule has 2 unspecified atom stereocenters. The third-order valence-electron chi connectivity index (χ3n) is 2.12. The zero-order valence-electron chi connectivity index (χ0n) is 8.97. The zero-order chi connectivity index (χ0) is 11.9. The van der Waals surface area contributed by atoms with Crippen molar-refractivity contribution < 1.29 is 23.0 Å². The van der Waals surface area contributed by atoms with Gasteiger partial charge in [0.15, 0.2) is 0 Å². The van der Waals surface area contributed by atoms with Gasteiger partial charge in [0.1, 0.15) is 6.61 Å². The second kappa shape index (κ2) is 7.03. The molecular weight excluding hydrogens is 211 g/mol. The molecule has 0 radical (unpaired) electrons. The Labute approximate surface area is 87.6 Å². The first-order chi connectivity index (χ1) is 6.87. The summed E-state index contributed by atoms with van der Waals surface area (Å²) in [4.78, 5) is 0. The number of aliphatic hydroxyl groups is 1. The van der Waals surface area contributed by atoms with Crippen molar-refractivity contribution in [3.8, 4) is 0 Å². The average Bonchev–Trinajstić information content (AvgIpc) is 2.14. The predicted octanol–water partition coefficient (Wildman–Crippen LogP) is 1.17. The van der Waals surface area contributed by atoms with E-state index in [0.717, 1.165) is 0 Å². The van der Waals surface area contributed by atoms with E-state index >= 15 is 0 Å². The van der Waals surface area contributed by atoms with Crippen molar-refractivity contribution in [3.05, 3.63) is 0 Å². The minimum atomic E-state index is -4.26. The molecule has 15 heavy (non-hydrogen) atoms. The summed E-state index contributed by atoms with van der Waals surface area (Å²) >= 11 is 0. The molecule has 0 fully saturated rings. The summed E-state index contributed by atoms with van der Waals surface area (Å²) in [7, 11) is 0. The number of hydrogen-bond donors (Lipinski definition) is 2. The van der Waals surface area contributed by atoms with E-state index in [1.54, 1.807) is 0 Å². The van der Waals surface area contributed by atoms with Crippen LogP contribution < -0.4 is 5.32 Å². The van der Waals surface area contributed by atoms with Crippen LogP contribution in [0.5, 0.6) is 0 Å². The normalized spacial score (nSPS) is 16.4. The van der Waals surface area contributed by atoms with E-state index in [4.69, 9.17) is 5.11 Å².